The van der Waals surface area contributed by atoms with Gasteiger partial charge < -0.3 is 15.0 Å². The molecule has 5 nitrogen and oxygen atoms in total. The molecule has 0 bridgehead atoms. The van der Waals surface area contributed by atoms with Crippen molar-refractivity contribution in [2.75, 3.05) is 31.6 Å². The third-order valence-corrected chi connectivity index (χ3v) is 4.26. The first kappa shape index (κ1) is 18.7. The van der Waals surface area contributed by atoms with Crippen LogP contribution in [0.5, 0.6) is 0 Å². The van der Waals surface area contributed by atoms with Crippen LogP contribution in [0, 0.1) is 0 Å². The van der Waals surface area contributed by atoms with Crippen molar-refractivity contribution in [3.63, 3.8) is 0 Å². The van der Waals surface area contributed by atoms with Crippen LogP contribution in [0.15, 0.2) is 18.2 Å². The molecule has 0 saturated carbocycles. The summed E-state index contributed by atoms with van der Waals surface area (Å²) in [5.41, 5.74) is 0.985. The molecule has 1 aliphatic rings. The van der Waals surface area contributed by atoms with Gasteiger partial charge in [-0.25, -0.2) is 0 Å². The van der Waals surface area contributed by atoms with Crippen LogP contribution in [0.3, 0.4) is 0 Å². The number of nitrogens with one attached hydrogen (secondary N) is 1. The van der Waals surface area contributed by atoms with Crippen LogP contribution in [0.2, 0.25) is 5.02 Å². The van der Waals surface area contributed by atoms with Crippen LogP contribution >= 0.6 is 11.6 Å². The second kappa shape index (κ2) is 9.64. The van der Waals surface area contributed by atoms with E-state index >= 15 is 0 Å². The van der Waals surface area contributed by atoms with E-state index in [9.17, 15) is 9.59 Å². The maximum atomic E-state index is 12.7. The maximum absolute atomic E-state index is 12.7. The number of likely N-dealkylation sites (tertiary alicyclic amines) is 1. The molecule has 1 saturated heterocycles. The number of hydrogen-bond donors (Lipinski definition) is 1. The van der Waals surface area contributed by atoms with E-state index < -0.39 is 0 Å². The van der Waals surface area contributed by atoms with E-state index in [0.717, 1.165) is 32.4 Å². The molecule has 6 heteroatoms. The number of rotatable bonds is 7. The molecule has 0 atom stereocenters. The van der Waals surface area contributed by atoms with E-state index in [1.54, 1.807) is 18.2 Å². The molecule has 0 spiro atoms. The highest BCUT2D eigenvalue weighted by molar-refractivity contribution is 6.31. The molecule has 1 fully saturated rings. The first-order valence-electron chi connectivity index (χ1n) is 8.58. The number of hydrogen-bond acceptors (Lipinski definition) is 3. The van der Waals surface area contributed by atoms with E-state index in [1.165, 1.54) is 0 Å². The Balaban J connectivity index is 2.04. The summed E-state index contributed by atoms with van der Waals surface area (Å²) in [5.74, 6) is -0.180. The summed E-state index contributed by atoms with van der Waals surface area (Å²) < 4.78 is 5.23. The Kier molecular flexibility index (Phi) is 7.53. The molecule has 1 aromatic carbocycles. The summed E-state index contributed by atoms with van der Waals surface area (Å²) in [5, 5.41) is 3.32. The lowest BCUT2D eigenvalue weighted by Crippen LogP contribution is -2.36. The Morgan fingerprint density at radius 3 is 2.71 bits per heavy atom. The smallest absolute Gasteiger partial charge is 0.255 e. The van der Waals surface area contributed by atoms with Crippen molar-refractivity contribution in [2.45, 2.75) is 39.0 Å². The molecule has 1 heterocycles. The molecule has 1 aliphatic heterocycles. The highest BCUT2D eigenvalue weighted by Crippen LogP contribution is 2.24. The van der Waals surface area contributed by atoms with Crippen molar-refractivity contribution in [1.29, 1.82) is 0 Å². The average molecular weight is 353 g/mol. The maximum Gasteiger partial charge on any atom is 0.255 e. The van der Waals surface area contributed by atoms with Crippen LogP contribution in [0.25, 0.3) is 0 Å². The fourth-order valence-electron chi connectivity index (χ4n) is 2.77. The van der Waals surface area contributed by atoms with Gasteiger partial charge in [0.2, 0.25) is 5.91 Å². The first-order valence-corrected chi connectivity index (χ1v) is 8.96. The predicted octanol–water partition coefficient (Wildman–Crippen LogP) is 3.72. The minimum atomic E-state index is -0.135. The van der Waals surface area contributed by atoms with Gasteiger partial charge in [0.05, 0.1) is 11.3 Å². The van der Waals surface area contributed by atoms with Crippen molar-refractivity contribution in [3.8, 4) is 0 Å². The number of ether oxygens (including phenoxy) is 1. The lowest BCUT2D eigenvalue weighted by Gasteiger charge is -2.27. The number of carbonyl (C=O) groups excluding carboxylic acids is 2. The Morgan fingerprint density at radius 2 is 2.00 bits per heavy atom. The quantitative estimate of drug-likeness (QED) is 0.761. The number of anilines is 1. The lowest BCUT2D eigenvalue weighted by atomic mass is 10.1. The molecule has 1 aromatic rings. The second-order valence-electron chi connectivity index (χ2n) is 5.89. The molecule has 2 amide bonds. The molecule has 132 valence electrons. The summed E-state index contributed by atoms with van der Waals surface area (Å²) >= 11 is 6.04. The van der Waals surface area contributed by atoms with Gasteiger partial charge in [0.15, 0.2) is 0 Å². The fraction of sp³-hybridized carbons (Fsp3) is 0.556. The molecule has 2 rings (SSSR count). The largest absolute Gasteiger partial charge is 0.382 e. The topological polar surface area (TPSA) is 58.6 Å². The van der Waals surface area contributed by atoms with Crippen molar-refractivity contribution in [2.24, 2.45) is 0 Å². The standard InChI is InChI=1S/C18H25ClN2O3/c1-2-24-12-6-7-17(22)20-16-13-14(19)8-9-15(16)18(23)21-10-4-3-5-11-21/h8-9,13H,2-7,10-12H2,1H3,(H,20,22). The van der Waals surface area contributed by atoms with Gasteiger partial charge in [-0.3, -0.25) is 9.59 Å². The van der Waals surface area contributed by atoms with Crippen LogP contribution in [-0.2, 0) is 9.53 Å². The molecular formula is C18H25ClN2O3. The zero-order valence-electron chi connectivity index (χ0n) is 14.1. The van der Waals surface area contributed by atoms with Crippen LogP contribution in [-0.4, -0.2) is 43.0 Å². The fourth-order valence-corrected chi connectivity index (χ4v) is 2.94. The van der Waals surface area contributed by atoms with Crippen LogP contribution < -0.4 is 5.32 Å². The minimum Gasteiger partial charge on any atom is -0.382 e. The summed E-state index contributed by atoms with van der Waals surface area (Å²) in [4.78, 5) is 26.7. The van der Waals surface area contributed by atoms with Gasteiger partial charge in [-0.15, -0.1) is 0 Å². The number of nitrogens with zero attached hydrogens (tertiary/aromatic N) is 1. The van der Waals surface area contributed by atoms with Crippen molar-refractivity contribution in [1.82, 2.24) is 4.90 Å². The van der Waals surface area contributed by atoms with Gasteiger partial charge in [-0.05, 0) is 50.8 Å². The minimum absolute atomic E-state index is 0.0454. The average Bonchev–Trinajstić information content (AvgIpc) is 2.59. The number of benzene rings is 1. The Labute approximate surface area is 148 Å². The third-order valence-electron chi connectivity index (χ3n) is 4.03. The predicted molar refractivity (Wildman–Crippen MR) is 95.6 cm³/mol. The van der Waals surface area contributed by atoms with Crippen molar-refractivity contribution in [3.05, 3.63) is 28.8 Å². The van der Waals surface area contributed by atoms with Gasteiger partial charge in [-0.2, -0.15) is 0 Å². The highest BCUT2D eigenvalue weighted by Gasteiger charge is 2.21. The van der Waals surface area contributed by atoms with E-state index in [-0.39, 0.29) is 11.8 Å². The number of halogens is 1. The van der Waals surface area contributed by atoms with Gasteiger partial charge in [0.1, 0.15) is 0 Å². The lowest BCUT2D eigenvalue weighted by molar-refractivity contribution is -0.116. The van der Waals surface area contributed by atoms with Crippen LogP contribution in [0.1, 0.15) is 49.4 Å². The number of amides is 2. The molecule has 0 radical (unpaired) electrons. The van der Waals surface area contributed by atoms with E-state index in [4.69, 9.17) is 16.3 Å². The second-order valence-corrected chi connectivity index (χ2v) is 6.33. The van der Waals surface area contributed by atoms with Gasteiger partial charge >= 0.3 is 0 Å². The Bertz CT molecular complexity index is 571. The molecule has 1 N–H and O–H groups in total. The molecule has 0 unspecified atom stereocenters. The Morgan fingerprint density at radius 1 is 1.25 bits per heavy atom. The monoisotopic (exact) mass is 352 g/mol. The summed E-state index contributed by atoms with van der Waals surface area (Å²) in [7, 11) is 0. The van der Waals surface area contributed by atoms with Crippen molar-refractivity contribution >= 4 is 29.1 Å². The van der Waals surface area contributed by atoms with E-state index in [2.05, 4.69) is 5.32 Å². The summed E-state index contributed by atoms with van der Waals surface area (Å²) in [6.07, 6.45) is 4.21. The highest BCUT2D eigenvalue weighted by atomic mass is 35.5. The van der Waals surface area contributed by atoms with Crippen LogP contribution in [0.4, 0.5) is 5.69 Å². The summed E-state index contributed by atoms with van der Waals surface area (Å²) in [6, 6.07) is 5.01. The van der Waals surface area contributed by atoms with Gasteiger partial charge in [-0.1, -0.05) is 11.6 Å². The number of carbonyl (C=O) groups is 2. The zero-order chi connectivity index (χ0) is 17.4. The SMILES string of the molecule is CCOCCCC(=O)Nc1cc(Cl)ccc1C(=O)N1CCCCC1. The van der Waals surface area contributed by atoms with Gasteiger partial charge in [0.25, 0.3) is 5.91 Å². The van der Waals surface area contributed by atoms with E-state index in [1.807, 2.05) is 11.8 Å². The molecule has 24 heavy (non-hydrogen) atoms. The zero-order valence-corrected chi connectivity index (χ0v) is 14.9. The summed E-state index contributed by atoms with van der Waals surface area (Å²) in [6.45, 7) is 4.65. The number of piperidine rings is 1. The van der Waals surface area contributed by atoms with E-state index in [0.29, 0.717) is 42.3 Å². The molecule has 0 aromatic heterocycles. The first-order chi connectivity index (χ1) is 11.6. The van der Waals surface area contributed by atoms with Crippen molar-refractivity contribution < 1.29 is 14.3 Å². The molecular weight excluding hydrogens is 328 g/mol. The normalized spacial score (nSPS) is 14.5. The Hall–Kier alpha value is -1.59. The third kappa shape index (κ3) is 5.49. The van der Waals surface area contributed by atoms with Gasteiger partial charge in [0, 0.05) is 37.7 Å². The molecule has 0 aliphatic carbocycles.